The zero-order valence-corrected chi connectivity index (χ0v) is 10.7. The van der Waals surface area contributed by atoms with E-state index >= 15 is 0 Å². The minimum atomic E-state index is -0.925. The Bertz CT molecular complexity index is 701. The summed E-state index contributed by atoms with van der Waals surface area (Å²) in [7, 11) is 0. The monoisotopic (exact) mass is 290 g/mol. The molecule has 100 valence electrons. The molecular formula is C13H7ClN2O4. The number of non-ortho nitro benzene ring substituents is 1. The van der Waals surface area contributed by atoms with Gasteiger partial charge in [0.15, 0.2) is 5.78 Å². The highest BCUT2D eigenvalue weighted by Crippen LogP contribution is 2.22. The van der Waals surface area contributed by atoms with E-state index in [2.05, 4.69) is 4.98 Å². The lowest BCUT2D eigenvalue weighted by Gasteiger charge is -2.05. The predicted octanol–water partition coefficient (Wildman–Crippen LogP) is 2.60. The van der Waals surface area contributed by atoms with Gasteiger partial charge in [0.2, 0.25) is 0 Å². The quantitative estimate of drug-likeness (QED) is 0.373. The highest BCUT2D eigenvalue weighted by atomic mass is 35.5. The molecule has 0 aliphatic carbocycles. The Hall–Kier alpha value is -2.60. The molecule has 0 aliphatic rings. The van der Waals surface area contributed by atoms with Gasteiger partial charge in [0.1, 0.15) is 0 Å². The normalized spacial score (nSPS) is 10.1. The lowest BCUT2D eigenvalue weighted by atomic mass is 9.99. The van der Waals surface area contributed by atoms with Gasteiger partial charge in [-0.05, 0) is 29.8 Å². The molecule has 0 amide bonds. The van der Waals surface area contributed by atoms with Crippen LogP contribution < -0.4 is 0 Å². The number of rotatable bonds is 4. The number of ketones is 1. The third kappa shape index (κ3) is 2.70. The number of benzene rings is 1. The average Bonchev–Trinajstić information content (AvgIpc) is 2.46. The van der Waals surface area contributed by atoms with Crippen LogP contribution in [0.4, 0.5) is 5.69 Å². The van der Waals surface area contributed by atoms with Gasteiger partial charge < -0.3 is 0 Å². The van der Waals surface area contributed by atoms with E-state index in [9.17, 15) is 19.7 Å². The maximum absolute atomic E-state index is 12.2. The van der Waals surface area contributed by atoms with Gasteiger partial charge in [-0.25, -0.2) is 0 Å². The zero-order chi connectivity index (χ0) is 14.7. The minimum absolute atomic E-state index is 0.0156. The van der Waals surface area contributed by atoms with E-state index in [0.29, 0.717) is 5.56 Å². The van der Waals surface area contributed by atoms with Crippen molar-refractivity contribution in [3.05, 3.63) is 69.5 Å². The molecule has 0 N–H and O–H groups in total. The fraction of sp³-hybridized carbons (Fsp3) is 0. The average molecular weight is 291 g/mol. The van der Waals surface area contributed by atoms with Crippen molar-refractivity contribution < 1.29 is 14.5 Å². The molecule has 1 heterocycles. The first-order valence-electron chi connectivity index (χ1n) is 5.43. The molecule has 0 fully saturated rings. The molecule has 0 spiro atoms. The molecule has 7 heteroatoms. The molecule has 1 aromatic carbocycles. The summed E-state index contributed by atoms with van der Waals surface area (Å²) >= 11 is 5.39. The first-order valence-corrected chi connectivity index (χ1v) is 5.81. The van der Waals surface area contributed by atoms with Gasteiger partial charge >= 0.3 is 0 Å². The van der Waals surface area contributed by atoms with Crippen LogP contribution >= 0.6 is 11.6 Å². The second-order valence-corrected chi connectivity index (χ2v) is 4.17. The maximum Gasteiger partial charge on any atom is 0.270 e. The molecule has 0 bridgehead atoms. The lowest BCUT2D eigenvalue weighted by molar-refractivity contribution is -0.384. The van der Waals surface area contributed by atoms with Gasteiger partial charge in [-0.2, -0.15) is 0 Å². The third-order valence-electron chi connectivity index (χ3n) is 2.61. The molecule has 1 aromatic heterocycles. The van der Waals surface area contributed by atoms with Crippen LogP contribution in [0.1, 0.15) is 26.3 Å². The molecule has 20 heavy (non-hydrogen) atoms. The number of halogens is 1. The molecule has 2 rings (SSSR count). The van der Waals surface area contributed by atoms with Crippen LogP contribution in [0.3, 0.4) is 0 Å². The van der Waals surface area contributed by atoms with Crippen LogP contribution in [0.2, 0.25) is 0 Å². The van der Waals surface area contributed by atoms with Crippen LogP contribution in [0.25, 0.3) is 0 Å². The number of pyridine rings is 1. The van der Waals surface area contributed by atoms with E-state index < -0.39 is 15.9 Å². The summed E-state index contributed by atoms with van der Waals surface area (Å²) in [6.07, 6.45) is 2.86. The first kappa shape index (κ1) is 13.8. The summed E-state index contributed by atoms with van der Waals surface area (Å²) in [6, 6.07) is 6.32. The second-order valence-electron chi connectivity index (χ2n) is 3.83. The number of nitro benzene ring substituents is 1. The molecule has 6 nitrogen and oxygen atoms in total. The molecule has 0 saturated carbocycles. The molecule has 0 saturated heterocycles. The van der Waals surface area contributed by atoms with Gasteiger partial charge in [0, 0.05) is 35.7 Å². The van der Waals surface area contributed by atoms with E-state index in [1.165, 1.54) is 30.6 Å². The number of carbonyl (C=O) groups excluding carboxylic acids is 2. The Morgan fingerprint density at radius 3 is 2.30 bits per heavy atom. The fourth-order valence-electron chi connectivity index (χ4n) is 1.67. The Morgan fingerprint density at radius 1 is 1.10 bits per heavy atom. The van der Waals surface area contributed by atoms with E-state index in [4.69, 9.17) is 11.6 Å². The van der Waals surface area contributed by atoms with Crippen molar-refractivity contribution in [3.8, 4) is 0 Å². The van der Waals surface area contributed by atoms with Crippen molar-refractivity contribution in [2.75, 3.05) is 0 Å². The smallest absolute Gasteiger partial charge is 0.270 e. The minimum Gasteiger partial charge on any atom is -0.289 e. The Kier molecular flexibility index (Phi) is 3.86. The molecule has 0 aliphatic heterocycles. The van der Waals surface area contributed by atoms with E-state index in [1.807, 2.05) is 0 Å². The number of aromatic nitrogens is 1. The van der Waals surface area contributed by atoms with Crippen molar-refractivity contribution in [2.45, 2.75) is 0 Å². The van der Waals surface area contributed by atoms with Crippen LogP contribution in [0, 0.1) is 10.1 Å². The summed E-state index contributed by atoms with van der Waals surface area (Å²) in [5, 5.41) is 9.76. The molecule has 0 radical (unpaired) electrons. The van der Waals surface area contributed by atoms with E-state index in [0.717, 1.165) is 12.1 Å². The first-order chi connectivity index (χ1) is 9.50. The van der Waals surface area contributed by atoms with Gasteiger partial charge in [0.05, 0.1) is 10.5 Å². The Morgan fingerprint density at radius 2 is 1.75 bits per heavy atom. The number of nitro groups is 1. The summed E-state index contributed by atoms with van der Waals surface area (Å²) in [5.74, 6) is -0.453. The van der Waals surface area contributed by atoms with Crippen molar-refractivity contribution in [2.24, 2.45) is 0 Å². The third-order valence-corrected chi connectivity index (χ3v) is 2.82. The van der Waals surface area contributed by atoms with Gasteiger partial charge in [-0.3, -0.25) is 24.7 Å². The SMILES string of the molecule is O=C(Cl)c1cc([N+](=O)[O-])ccc1C(=O)c1ccncc1. The van der Waals surface area contributed by atoms with Crippen molar-refractivity contribution >= 4 is 28.3 Å². The zero-order valence-electron chi connectivity index (χ0n) is 9.95. The standard InChI is InChI=1S/C13H7ClN2O4/c14-13(18)11-7-9(16(19)20)1-2-10(11)12(17)8-3-5-15-6-4-8/h1-7H. The summed E-state index contributed by atoms with van der Waals surface area (Å²) < 4.78 is 0. The number of carbonyl (C=O) groups is 2. The second kappa shape index (κ2) is 5.58. The van der Waals surface area contributed by atoms with Crippen LogP contribution in [0.15, 0.2) is 42.7 Å². The molecular weight excluding hydrogens is 284 g/mol. The van der Waals surface area contributed by atoms with Crippen LogP contribution in [0.5, 0.6) is 0 Å². The number of hydrogen-bond acceptors (Lipinski definition) is 5. The summed E-state index contributed by atoms with van der Waals surface area (Å²) in [6.45, 7) is 0. The van der Waals surface area contributed by atoms with Crippen LogP contribution in [-0.2, 0) is 0 Å². The number of hydrogen-bond donors (Lipinski definition) is 0. The van der Waals surface area contributed by atoms with Crippen molar-refractivity contribution in [1.29, 1.82) is 0 Å². The fourth-order valence-corrected chi connectivity index (χ4v) is 1.82. The van der Waals surface area contributed by atoms with Crippen molar-refractivity contribution in [3.63, 3.8) is 0 Å². The Balaban J connectivity index is 2.54. The Labute approximate surface area is 118 Å². The predicted molar refractivity (Wildman–Crippen MR) is 70.9 cm³/mol. The van der Waals surface area contributed by atoms with E-state index in [-0.39, 0.29) is 16.8 Å². The number of nitrogens with zero attached hydrogens (tertiary/aromatic N) is 2. The van der Waals surface area contributed by atoms with Gasteiger partial charge in [-0.15, -0.1) is 0 Å². The van der Waals surface area contributed by atoms with Crippen molar-refractivity contribution in [1.82, 2.24) is 4.98 Å². The highest BCUT2D eigenvalue weighted by molar-refractivity contribution is 6.68. The summed E-state index contributed by atoms with van der Waals surface area (Å²) in [4.78, 5) is 37.4. The highest BCUT2D eigenvalue weighted by Gasteiger charge is 2.20. The topological polar surface area (TPSA) is 90.2 Å². The largest absolute Gasteiger partial charge is 0.289 e. The molecule has 2 aromatic rings. The lowest BCUT2D eigenvalue weighted by Crippen LogP contribution is -2.08. The van der Waals surface area contributed by atoms with Gasteiger partial charge in [-0.1, -0.05) is 0 Å². The summed E-state index contributed by atoms with van der Waals surface area (Å²) in [5.41, 5.74) is -0.169. The van der Waals surface area contributed by atoms with Crippen LogP contribution in [-0.4, -0.2) is 20.9 Å². The van der Waals surface area contributed by atoms with E-state index in [1.54, 1.807) is 0 Å². The van der Waals surface area contributed by atoms with Gasteiger partial charge in [0.25, 0.3) is 10.9 Å². The molecule has 0 atom stereocenters. The maximum atomic E-state index is 12.2. The molecule has 0 unspecified atom stereocenters.